The summed E-state index contributed by atoms with van der Waals surface area (Å²) in [7, 11) is -2.81. The van der Waals surface area contributed by atoms with Crippen LogP contribution in [0.25, 0.3) is 0 Å². The summed E-state index contributed by atoms with van der Waals surface area (Å²) in [5, 5.41) is 3.08. The number of benzene rings is 3. The minimum absolute atomic E-state index is 0.0636. The lowest BCUT2D eigenvalue weighted by Crippen LogP contribution is -2.38. The first-order valence-corrected chi connectivity index (χ1v) is 11.8. The van der Waals surface area contributed by atoms with E-state index < -0.39 is 22.5 Å². The van der Waals surface area contributed by atoms with Crippen LogP contribution in [0.3, 0.4) is 0 Å². The molecule has 3 aromatic rings. The fourth-order valence-electron chi connectivity index (χ4n) is 3.17. The molecule has 3 aromatic carbocycles. The van der Waals surface area contributed by atoms with Crippen LogP contribution in [0.5, 0.6) is 5.75 Å². The molecular weight excluding hydrogens is 464 g/mol. The summed E-state index contributed by atoms with van der Waals surface area (Å²) in [5.41, 5.74) is 1.79. The van der Waals surface area contributed by atoms with Gasteiger partial charge >= 0.3 is 0 Å². The molecule has 0 unspecified atom stereocenters. The predicted molar refractivity (Wildman–Crippen MR) is 129 cm³/mol. The molecule has 0 saturated carbocycles. The monoisotopic (exact) mass is 486 g/mol. The van der Waals surface area contributed by atoms with Crippen molar-refractivity contribution in [3.63, 3.8) is 0 Å². The molecule has 7 nitrogen and oxygen atoms in total. The van der Waals surface area contributed by atoms with Crippen molar-refractivity contribution in [2.24, 2.45) is 0 Å². The van der Waals surface area contributed by atoms with Gasteiger partial charge in [0.2, 0.25) is 5.91 Å². The molecule has 0 fully saturated rings. The molecule has 0 bridgehead atoms. The van der Waals surface area contributed by atoms with Crippen molar-refractivity contribution < 1.29 is 22.7 Å². The molecule has 3 rings (SSSR count). The fraction of sp³-hybridized carbons (Fsp3) is 0.167. The fourth-order valence-corrected chi connectivity index (χ4v) is 4.96. The van der Waals surface area contributed by atoms with Crippen LogP contribution in [0, 0.1) is 6.92 Å². The lowest BCUT2D eigenvalue weighted by Gasteiger charge is -2.25. The maximum absolute atomic E-state index is 13.7. The second kappa shape index (κ2) is 10.1. The van der Waals surface area contributed by atoms with E-state index in [1.807, 2.05) is 0 Å². The first-order valence-electron chi connectivity index (χ1n) is 9.95. The van der Waals surface area contributed by atoms with E-state index in [0.717, 1.165) is 9.87 Å². The Morgan fingerprint density at radius 2 is 1.73 bits per heavy atom. The lowest BCUT2D eigenvalue weighted by atomic mass is 10.1. The van der Waals surface area contributed by atoms with Crippen LogP contribution < -0.4 is 14.4 Å². The zero-order chi connectivity index (χ0) is 24.2. The van der Waals surface area contributed by atoms with Gasteiger partial charge in [-0.2, -0.15) is 0 Å². The maximum atomic E-state index is 13.7. The third-order valence-corrected chi connectivity index (χ3v) is 6.89. The number of ether oxygens (including phenoxy) is 1. The quantitative estimate of drug-likeness (QED) is 0.466. The molecule has 0 saturated heterocycles. The number of nitrogens with zero attached hydrogens (tertiary/aromatic N) is 1. The van der Waals surface area contributed by atoms with E-state index in [2.05, 4.69) is 5.32 Å². The smallest absolute Gasteiger partial charge is 0.268 e. The third-order valence-electron chi connectivity index (χ3n) is 4.84. The van der Waals surface area contributed by atoms with Crippen molar-refractivity contribution in [3.8, 4) is 5.75 Å². The minimum atomic E-state index is -4.19. The van der Waals surface area contributed by atoms with Crippen LogP contribution in [0.2, 0.25) is 5.02 Å². The lowest BCUT2D eigenvalue weighted by molar-refractivity contribution is -0.114. The molecule has 9 heteroatoms. The molecule has 0 aliphatic rings. The number of hydrogen-bond donors (Lipinski definition) is 1. The number of Topliss-reactive ketones (excluding diaryl/α,β-unsaturated/α-hetero) is 1. The van der Waals surface area contributed by atoms with Gasteiger partial charge < -0.3 is 10.1 Å². The van der Waals surface area contributed by atoms with Crippen LogP contribution in [-0.4, -0.2) is 33.8 Å². The van der Waals surface area contributed by atoms with Crippen molar-refractivity contribution in [2.75, 3.05) is 23.3 Å². The highest BCUT2D eigenvalue weighted by Crippen LogP contribution is 2.31. The van der Waals surface area contributed by atoms with Gasteiger partial charge in [-0.1, -0.05) is 29.8 Å². The van der Waals surface area contributed by atoms with Crippen LogP contribution in [0.4, 0.5) is 11.4 Å². The molecule has 0 radical (unpaired) electrons. The summed E-state index contributed by atoms with van der Waals surface area (Å²) in [6.45, 7) is 2.68. The van der Waals surface area contributed by atoms with Gasteiger partial charge in [0.25, 0.3) is 10.0 Å². The van der Waals surface area contributed by atoms with Gasteiger partial charge in [0.15, 0.2) is 5.78 Å². The molecule has 0 aliphatic carbocycles. The molecule has 0 aliphatic heterocycles. The first-order chi connectivity index (χ1) is 15.6. The highest BCUT2D eigenvalue weighted by molar-refractivity contribution is 7.93. The van der Waals surface area contributed by atoms with Gasteiger partial charge in [0.1, 0.15) is 17.2 Å². The van der Waals surface area contributed by atoms with Crippen molar-refractivity contribution in [2.45, 2.75) is 18.7 Å². The number of nitrogens with one attached hydrogen (secondary N) is 1. The maximum Gasteiger partial charge on any atom is 0.268 e. The normalized spacial score (nSPS) is 11.0. The van der Waals surface area contributed by atoms with Gasteiger partial charge in [-0.25, -0.2) is 8.42 Å². The Labute approximate surface area is 198 Å². The van der Waals surface area contributed by atoms with Crippen LogP contribution in [0.1, 0.15) is 22.8 Å². The summed E-state index contributed by atoms with van der Waals surface area (Å²) in [6.07, 6.45) is 0. The van der Waals surface area contributed by atoms with Crippen molar-refractivity contribution in [1.29, 1.82) is 0 Å². The van der Waals surface area contributed by atoms with Crippen LogP contribution >= 0.6 is 11.6 Å². The summed E-state index contributed by atoms with van der Waals surface area (Å²) in [5.74, 6) is -0.571. The molecule has 0 aromatic heterocycles. The number of rotatable bonds is 8. The van der Waals surface area contributed by atoms with E-state index in [1.54, 1.807) is 49.4 Å². The number of aryl methyl sites for hydroxylation is 1. The number of ketones is 1. The highest BCUT2D eigenvalue weighted by Gasteiger charge is 2.30. The Morgan fingerprint density at radius 3 is 2.36 bits per heavy atom. The summed E-state index contributed by atoms with van der Waals surface area (Å²) >= 11 is 5.97. The van der Waals surface area contributed by atoms with E-state index in [9.17, 15) is 18.0 Å². The molecule has 0 spiro atoms. The SMILES string of the molecule is COc1ccc(C)cc1S(=O)(=O)N(CC(=O)Nc1cccc(C(C)=O)c1)c1ccc(Cl)cc1. The van der Waals surface area contributed by atoms with E-state index in [4.69, 9.17) is 16.3 Å². The average Bonchev–Trinajstić information content (AvgIpc) is 2.78. The topological polar surface area (TPSA) is 92.8 Å². The molecule has 0 atom stereocenters. The second-order valence-corrected chi connectivity index (χ2v) is 9.59. The molecule has 1 N–H and O–H groups in total. The Hall–Kier alpha value is -3.36. The van der Waals surface area contributed by atoms with Crippen LogP contribution in [-0.2, 0) is 14.8 Å². The third kappa shape index (κ3) is 5.71. The van der Waals surface area contributed by atoms with Gasteiger partial charge in [0.05, 0.1) is 12.8 Å². The van der Waals surface area contributed by atoms with Gasteiger partial charge in [-0.3, -0.25) is 13.9 Å². The standard InChI is InChI=1S/C24H23ClN2O5S/c1-16-7-12-22(32-3)23(13-16)33(30,31)27(21-10-8-19(25)9-11-21)15-24(29)26-20-6-4-5-18(14-20)17(2)28/h4-14H,15H2,1-3H3,(H,26,29). The van der Waals surface area contributed by atoms with E-state index >= 15 is 0 Å². The van der Waals surface area contributed by atoms with E-state index in [-0.39, 0.29) is 22.1 Å². The van der Waals surface area contributed by atoms with Crippen molar-refractivity contribution >= 4 is 44.7 Å². The Kier molecular flexibility index (Phi) is 7.40. The number of carbonyl (C=O) groups excluding carboxylic acids is 2. The van der Waals surface area contributed by atoms with E-state index in [1.165, 1.54) is 38.3 Å². The first kappa shape index (κ1) is 24.3. The number of hydrogen-bond acceptors (Lipinski definition) is 5. The number of carbonyl (C=O) groups is 2. The zero-order valence-corrected chi connectivity index (χ0v) is 19.9. The minimum Gasteiger partial charge on any atom is -0.495 e. The molecule has 1 amide bonds. The number of sulfonamides is 1. The highest BCUT2D eigenvalue weighted by atomic mass is 35.5. The molecule has 0 heterocycles. The zero-order valence-electron chi connectivity index (χ0n) is 18.3. The molecule has 172 valence electrons. The van der Waals surface area contributed by atoms with E-state index in [0.29, 0.717) is 16.3 Å². The largest absolute Gasteiger partial charge is 0.495 e. The number of anilines is 2. The van der Waals surface area contributed by atoms with Gasteiger partial charge in [0, 0.05) is 16.3 Å². The number of halogens is 1. The second-order valence-electron chi connectivity index (χ2n) is 7.33. The summed E-state index contributed by atoms with van der Waals surface area (Å²) < 4.78 is 33.6. The van der Waals surface area contributed by atoms with Gasteiger partial charge in [-0.05, 0) is 67.9 Å². The Bertz CT molecular complexity index is 1290. The average molecular weight is 487 g/mol. The number of amides is 1. The van der Waals surface area contributed by atoms with Crippen LogP contribution in [0.15, 0.2) is 71.6 Å². The summed E-state index contributed by atoms with van der Waals surface area (Å²) in [4.78, 5) is 24.4. The predicted octanol–water partition coefficient (Wildman–Crippen LogP) is 4.69. The van der Waals surface area contributed by atoms with Crippen molar-refractivity contribution in [3.05, 3.63) is 82.9 Å². The molecule has 33 heavy (non-hydrogen) atoms. The number of methoxy groups -OCH3 is 1. The molecular formula is C24H23ClN2O5S. The summed E-state index contributed by atoms with van der Waals surface area (Å²) in [6, 6.07) is 17.3. The Balaban J connectivity index is 2.00. The van der Waals surface area contributed by atoms with Gasteiger partial charge in [-0.15, -0.1) is 0 Å². The van der Waals surface area contributed by atoms with Crippen molar-refractivity contribution in [1.82, 2.24) is 0 Å². The Morgan fingerprint density at radius 1 is 1.03 bits per heavy atom.